The van der Waals surface area contributed by atoms with Crippen LogP contribution in [0.25, 0.3) is 11.1 Å². The summed E-state index contributed by atoms with van der Waals surface area (Å²) in [6.45, 7) is -0.256. The standard InChI is InChI=1S/C22H19FN2O4S/c1-28-18-8-13(5-6-17(18)29-10-19(24)26)15-9-20(27)25-21-16(11-30-22(15)21)12-3-2-4-14(23)7-12/h2-8,11,15H,9-10H2,1H3,(H2,24,26)(H,25,27)/t15-/m0/s1. The lowest BCUT2D eigenvalue weighted by Gasteiger charge is -2.24. The number of carbonyl (C=O) groups excluding carboxylic acids is 2. The van der Waals surface area contributed by atoms with Gasteiger partial charge in [-0.2, -0.15) is 0 Å². The van der Waals surface area contributed by atoms with Crippen LogP contribution < -0.4 is 20.5 Å². The lowest BCUT2D eigenvalue weighted by atomic mass is 9.89. The molecule has 0 fully saturated rings. The first-order valence-corrected chi connectivity index (χ1v) is 10.1. The van der Waals surface area contributed by atoms with Crippen molar-refractivity contribution in [1.82, 2.24) is 0 Å². The van der Waals surface area contributed by atoms with Crippen LogP contribution >= 0.6 is 11.3 Å². The third kappa shape index (κ3) is 3.86. The maximum atomic E-state index is 13.7. The molecule has 0 saturated carbocycles. The monoisotopic (exact) mass is 426 g/mol. The Morgan fingerprint density at radius 1 is 1.27 bits per heavy atom. The molecule has 0 radical (unpaired) electrons. The van der Waals surface area contributed by atoms with Gasteiger partial charge in [-0.25, -0.2) is 4.39 Å². The molecular formula is C22H19FN2O4S. The maximum Gasteiger partial charge on any atom is 0.255 e. The van der Waals surface area contributed by atoms with Crippen molar-refractivity contribution in [2.75, 3.05) is 19.0 Å². The van der Waals surface area contributed by atoms with E-state index in [1.54, 1.807) is 18.2 Å². The van der Waals surface area contributed by atoms with E-state index in [-0.39, 0.29) is 30.7 Å². The van der Waals surface area contributed by atoms with Crippen LogP contribution in [0.2, 0.25) is 0 Å². The van der Waals surface area contributed by atoms with Crippen molar-refractivity contribution in [1.29, 1.82) is 0 Å². The summed E-state index contributed by atoms with van der Waals surface area (Å²) in [5, 5.41) is 4.87. The second-order valence-corrected chi connectivity index (χ2v) is 7.78. The van der Waals surface area contributed by atoms with Gasteiger partial charge in [0.15, 0.2) is 18.1 Å². The van der Waals surface area contributed by atoms with Crippen LogP contribution in [-0.4, -0.2) is 25.5 Å². The van der Waals surface area contributed by atoms with Crippen LogP contribution in [0.15, 0.2) is 47.8 Å². The lowest BCUT2D eigenvalue weighted by Crippen LogP contribution is -2.22. The third-order valence-corrected chi connectivity index (χ3v) is 5.98. The largest absolute Gasteiger partial charge is 0.493 e. The molecule has 0 spiro atoms. The molecule has 1 aliphatic rings. The summed E-state index contributed by atoms with van der Waals surface area (Å²) < 4.78 is 24.5. The summed E-state index contributed by atoms with van der Waals surface area (Å²) in [6.07, 6.45) is 0.279. The van der Waals surface area contributed by atoms with Crippen molar-refractivity contribution in [2.24, 2.45) is 5.73 Å². The number of ether oxygens (including phenoxy) is 2. The molecule has 2 amide bonds. The smallest absolute Gasteiger partial charge is 0.255 e. The fourth-order valence-corrected chi connectivity index (χ4v) is 4.69. The number of halogens is 1. The Labute approximate surface area is 176 Å². The summed E-state index contributed by atoms with van der Waals surface area (Å²) in [6, 6.07) is 11.6. The SMILES string of the molecule is COc1cc([C@@H]2CC(=O)Nc3c(-c4cccc(F)c4)csc32)ccc1OCC(N)=O. The number of anilines is 1. The number of nitrogens with one attached hydrogen (secondary N) is 1. The predicted octanol–water partition coefficient (Wildman–Crippen LogP) is 3.90. The second-order valence-electron chi connectivity index (χ2n) is 6.87. The average Bonchev–Trinajstić information content (AvgIpc) is 3.15. The number of methoxy groups -OCH3 is 1. The van der Waals surface area contributed by atoms with Gasteiger partial charge in [-0.05, 0) is 35.4 Å². The molecule has 154 valence electrons. The minimum atomic E-state index is -0.585. The Balaban J connectivity index is 1.72. The first kappa shape index (κ1) is 19.9. The van der Waals surface area contributed by atoms with Crippen molar-refractivity contribution in [3.8, 4) is 22.6 Å². The van der Waals surface area contributed by atoms with Crippen molar-refractivity contribution < 1.29 is 23.5 Å². The highest BCUT2D eigenvalue weighted by atomic mass is 32.1. The van der Waals surface area contributed by atoms with Gasteiger partial charge in [-0.3, -0.25) is 9.59 Å². The van der Waals surface area contributed by atoms with Crippen LogP contribution in [0.5, 0.6) is 11.5 Å². The van der Waals surface area contributed by atoms with E-state index in [2.05, 4.69) is 5.32 Å². The van der Waals surface area contributed by atoms with Gasteiger partial charge >= 0.3 is 0 Å². The van der Waals surface area contributed by atoms with Gasteiger partial charge in [0.1, 0.15) is 5.82 Å². The number of rotatable bonds is 6. The van der Waals surface area contributed by atoms with E-state index in [0.29, 0.717) is 22.7 Å². The quantitative estimate of drug-likeness (QED) is 0.626. The predicted molar refractivity (Wildman–Crippen MR) is 112 cm³/mol. The number of fused-ring (bicyclic) bond motifs is 1. The molecule has 3 aromatic rings. The Hall–Kier alpha value is -3.39. The molecule has 1 atom stereocenters. The number of carbonyl (C=O) groups is 2. The fourth-order valence-electron chi connectivity index (χ4n) is 3.53. The molecule has 1 aliphatic heterocycles. The molecule has 30 heavy (non-hydrogen) atoms. The zero-order valence-corrected chi connectivity index (χ0v) is 16.9. The highest BCUT2D eigenvalue weighted by Gasteiger charge is 2.31. The lowest BCUT2D eigenvalue weighted by molar-refractivity contribution is -0.120. The molecule has 0 aliphatic carbocycles. The fraction of sp³-hybridized carbons (Fsp3) is 0.182. The Bertz CT molecular complexity index is 1130. The van der Waals surface area contributed by atoms with Gasteiger partial charge in [0, 0.05) is 28.2 Å². The van der Waals surface area contributed by atoms with E-state index in [0.717, 1.165) is 16.0 Å². The van der Waals surface area contributed by atoms with Crippen molar-refractivity contribution in [3.63, 3.8) is 0 Å². The number of nitrogens with two attached hydrogens (primary N) is 1. The maximum absolute atomic E-state index is 13.7. The zero-order chi connectivity index (χ0) is 21.3. The molecule has 1 aromatic heterocycles. The molecule has 0 saturated heterocycles. The van der Waals surface area contributed by atoms with Crippen LogP contribution in [0, 0.1) is 5.82 Å². The van der Waals surface area contributed by atoms with E-state index in [1.807, 2.05) is 17.5 Å². The van der Waals surface area contributed by atoms with Gasteiger partial charge in [0.2, 0.25) is 5.91 Å². The Morgan fingerprint density at radius 2 is 2.10 bits per heavy atom. The van der Waals surface area contributed by atoms with Gasteiger partial charge in [-0.15, -0.1) is 11.3 Å². The average molecular weight is 426 g/mol. The molecule has 3 N–H and O–H groups in total. The first-order chi connectivity index (χ1) is 14.5. The Kier molecular flexibility index (Phi) is 5.41. The molecule has 4 rings (SSSR count). The highest BCUT2D eigenvalue weighted by molar-refractivity contribution is 7.11. The number of hydrogen-bond donors (Lipinski definition) is 2. The number of amides is 2. The van der Waals surface area contributed by atoms with Gasteiger partial charge in [-0.1, -0.05) is 18.2 Å². The molecule has 0 unspecified atom stereocenters. The summed E-state index contributed by atoms with van der Waals surface area (Å²) in [4.78, 5) is 24.4. The molecule has 2 aromatic carbocycles. The molecular weight excluding hydrogens is 407 g/mol. The summed E-state index contributed by atoms with van der Waals surface area (Å²) >= 11 is 1.52. The number of thiophene rings is 1. The molecule has 0 bridgehead atoms. The van der Waals surface area contributed by atoms with Crippen LogP contribution in [-0.2, 0) is 9.59 Å². The topological polar surface area (TPSA) is 90.7 Å². The van der Waals surface area contributed by atoms with Gasteiger partial charge in [0.05, 0.1) is 12.8 Å². The summed E-state index contributed by atoms with van der Waals surface area (Å²) in [5.74, 6) is -0.368. The Morgan fingerprint density at radius 3 is 2.83 bits per heavy atom. The number of benzene rings is 2. The van der Waals surface area contributed by atoms with Gasteiger partial charge < -0.3 is 20.5 Å². The normalized spacial score (nSPS) is 15.3. The van der Waals surface area contributed by atoms with Crippen molar-refractivity contribution >= 4 is 28.8 Å². The zero-order valence-electron chi connectivity index (χ0n) is 16.1. The molecule has 2 heterocycles. The van der Waals surface area contributed by atoms with Crippen molar-refractivity contribution in [3.05, 3.63) is 64.1 Å². The third-order valence-electron chi connectivity index (χ3n) is 4.89. The minimum absolute atomic E-state index is 0.114. The minimum Gasteiger partial charge on any atom is -0.493 e. The summed E-state index contributed by atoms with van der Waals surface area (Å²) in [5.41, 5.74) is 8.22. The molecule has 6 nitrogen and oxygen atoms in total. The summed E-state index contributed by atoms with van der Waals surface area (Å²) in [7, 11) is 1.50. The van der Waals surface area contributed by atoms with E-state index in [1.165, 1.54) is 30.6 Å². The first-order valence-electron chi connectivity index (χ1n) is 9.22. The second kappa shape index (κ2) is 8.16. The van der Waals surface area contributed by atoms with Crippen molar-refractivity contribution in [2.45, 2.75) is 12.3 Å². The van der Waals surface area contributed by atoms with E-state index < -0.39 is 5.91 Å². The van der Waals surface area contributed by atoms with E-state index in [4.69, 9.17) is 15.2 Å². The number of hydrogen-bond acceptors (Lipinski definition) is 5. The van der Waals surface area contributed by atoms with E-state index >= 15 is 0 Å². The van der Waals surface area contributed by atoms with Crippen LogP contribution in [0.3, 0.4) is 0 Å². The molecule has 8 heteroatoms. The van der Waals surface area contributed by atoms with Crippen LogP contribution in [0.4, 0.5) is 10.1 Å². The highest BCUT2D eigenvalue weighted by Crippen LogP contribution is 2.47. The number of primary amides is 1. The van der Waals surface area contributed by atoms with Gasteiger partial charge in [0.25, 0.3) is 5.91 Å². The van der Waals surface area contributed by atoms with E-state index in [9.17, 15) is 14.0 Å². The van der Waals surface area contributed by atoms with Crippen LogP contribution in [0.1, 0.15) is 22.8 Å².